The first-order valence-corrected chi connectivity index (χ1v) is 6.50. The SMILES string of the molecule is CC(C)C(CN)c1ncc(-c2cccc(Cl)c2)[nH]1. The molecule has 3 N–H and O–H groups in total. The summed E-state index contributed by atoms with van der Waals surface area (Å²) in [5.74, 6) is 1.67. The largest absolute Gasteiger partial charge is 0.342 e. The van der Waals surface area contributed by atoms with Gasteiger partial charge in [0.2, 0.25) is 0 Å². The van der Waals surface area contributed by atoms with Gasteiger partial charge in [-0.1, -0.05) is 37.6 Å². The van der Waals surface area contributed by atoms with Crippen LogP contribution in [0.15, 0.2) is 30.5 Å². The zero-order valence-corrected chi connectivity index (χ0v) is 11.4. The molecule has 3 nitrogen and oxygen atoms in total. The van der Waals surface area contributed by atoms with Gasteiger partial charge in [0.05, 0.1) is 11.9 Å². The molecule has 1 aromatic heterocycles. The van der Waals surface area contributed by atoms with Crippen LogP contribution in [-0.2, 0) is 0 Å². The summed E-state index contributed by atoms with van der Waals surface area (Å²) >= 11 is 5.99. The standard InChI is InChI=1S/C14H18ClN3/c1-9(2)12(7-16)14-17-8-13(18-14)10-4-3-5-11(15)6-10/h3-6,8-9,12H,7,16H2,1-2H3,(H,17,18). The first-order chi connectivity index (χ1) is 8.61. The highest BCUT2D eigenvalue weighted by Gasteiger charge is 2.17. The number of hydrogen-bond donors (Lipinski definition) is 2. The predicted molar refractivity (Wildman–Crippen MR) is 75.7 cm³/mol. The van der Waals surface area contributed by atoms with Crippen LogP contribution in [0.2, 0.25) is 5.02 Å². The Kier molecular flexibility index (Phi) is 4.04. The fraction of sp³-hybridized carbons (Fsp3) is 0.357. The average Bonchev–Trinajstić information content (AvgIpc) is 2.79. The second-order valence-electron chi connectivity index (χ2n) is 4.78. The van der Waals surface area contributed by atoms with Gasteiger partial charge in [0, 0.05) is 23.0 Å². The molecular weight excluding hydrogens is 246 g/mol. The number of imidazole rings is 1. The Balaban J connectivity index is 2.30. The van der Waals surface area contributed by atoms with Crippen molar-refractivity contribution in [1.82, 2.24) is 9.97 Å². The molecule has 4 heteroatoms. The average molecular weight is 264 g/mol. The van der Waals surface area contributed by atoms with Gasteiger partial charge in [-0.2, -0.15) is 0 Å². The van der Waals surface area contributed by atoms with Crippen molar-refractivity contribution in [2.24, 2.45) is 11.7 Å². The summed E-state index contributed by atoms with van der Waals surface area (Å²) in [5.41, 5.74) is 7.82. The quantitative estimate of drug-likeness (QED) is 0.888. The zero-order valence-electron chi connectivity index (χ0n) is 10.7. The zero-order chi connectivity index (χ0) is 13.1. The molecule has 1 atom stereocenters. The van der Waals surface area contributed by atoms with Crippen LogP contribution >= 0.6 is 11.6 Å². The van der Waals surface area contributed by atoms with Crippen LogP contribution in [0.25, 0.3) is 11.3 Å². The van der Waals surface area contributed by atoms with Crippen molar-refractivity contribution >= 4 is 11.6 Å². The number of aromatic nitrogens is 2. The van der Waals surface area contributed by atoms with E-state index in [1.54, 1.807) is 0 Å². The Labute approximate surface area is 112 Å². The van der Waals surface area contributed by atoms with Gasteiger partial charge in [-0.3, -0.25) is 0 Å². The van der Waals surface area contributed by atoms with Gasteiger partial charge < -0.3 is 10.7 Å². The maximum absolute atomic E-state index is 5.99. The first-order valence-electron chi connectivity index (χ1n) is 6.12. The number of H-pyrrole nitrogens is 1. The second kappa shape index (κ2) is 5.55. The van der Waals surface area contributed by atoms with Crippen LogP contribution in [-0.4, -0.2) is 16.5 Å². The summed E-state index contributed by atoms with van der Waals surface area (Å²) in [5, 5.41) is 0.725. The van der Waals surface area contributed by atoms with E-state index >= 15 is 0 Å². The molecule has 1 aromatic carbocycles. The van der Waals surface area contributed by atoms with Gasteiger partial charge in [-0.25, -0.2) is 4.98 Å². The van der Waals surface area contributed by atoms with Crippen molar-refractivity contribution in [2.75, 3.05) is 6.54 Å². The number of aromatic amines is 1. The highest BCUT2D eigenvalue weighted by atomic mass is 35.5. The fourth-order valence-corrected chi connectivity index (χ4v) is 2.22. The molecule has 2 rings (SSSR count). The van der Waals surface area contributed by atoms with Crippen LogP contribution in [0.5, 0.6) is 0 Å². The number of nitrogens with zero attached hydrogens (tertiary/aromatic N) is 1. The first kappa shape index (κ1) is 13.1. The molecule has 0 saturated carbocycles. The maximum Gasteiger partial charge on any atom is 0.111 e. The van der Waals surface area contributed by atoms with E-state index in [4.69, 9.17) is 17.3 Å². The topological polar surface area (TPSA) is 54.7 Å². The van der Waals surface area contributed by atoms with Crippen molar-refractivity contribution in [3.63, 3.8) is 0 Å². The summed E-state index contributed by atoms with van der Waals surface area (Å²) in [6.45, 7) is 4.90. The molecule has 1 unspecified atom stereocenters. The van der Waals surface area contributed by atoms with E-state index in [2.05, 4.69) is 23.8 Å². The third-order valence-electron chi connectivity index (χ3n) is 3.14. The van der Waals surface area contributed by atoms with E-state index in [0.29, 0.717) is 12.5 Å². The van der Waals surface area contributed by atoms with E-state index in [-0.39, 0.29) is 5.92 Å². The van der Waals surface area contributed by atoms with Crippen LogP contribution in [0.1, 0.15) is 25.6 Å². The van der Waals surface area contributed by atoms with Crippen LogP contribution in [0.4, 0.5) is 0 Å². The number of nitrogens with one attached hydrogen (secondary N) is 1. The monoisotopic (exact) mass is 263 g/mol. The summed E-state index contributed by atoms with van der Waals surface area (Å²) in [6.07, 6.45) is 1.84. The van der Waals surface area contributed by atoms with E-state index in [0.717, 1.165) is 22.1 Å². The minimum Gasteiger partial charge on any atom is -0.342 e. The molecule has 0 saturated heterocycles. The Bertz CT molecular complexity index is 519. The normalized spacial score (nSPS) is 12.9. The van der Waals surface area contributed by atoms with Gasteiger partial charge in [-0.05, 0) is 18.1 Å². The lowest BCUT2D eigenvalue weighted by molar-refractivity contribution is 0.487. The molecule has 0 aliphatic rings. The molecule has 0 amide bonds. The number of nitrogens with two attached hydrogens (primary N) is 1. The molecule has 0 radical (unpaired) electrons. The highest BCUT2D eigenvalue weighted by molar-refractivity contribution is 6.30. The van der Waals surface area contributed by atoms with Gasteiger partial charge in [0.15, 0.2) is 0 Å². The Morgan fingerprint density at radius 3 is 2.78 bits per heavy atom. The molecule has 0 fully saturated rings. The summed E-state index contributed by atoms with van der Waals surface area (Å²) in [7, 11) is 0. The molecule has 0 bridgehead atoms. The van der Waals surface area contributed by atoms with Crippen molar-refractivity contribution in [2.45, 2.75) is 19.8 Å². The molecular formula is C14H18ClN3. The number of hydrogen-bond acceptors (Lipinski definition) is 2. The molecule has 0 aliphatic heterocycles. The highest BCUT2D eigenvalue weighted by Crippen LogP contribution is 2.25. The Morgan fingerprint density at radius 2 is 2.17 bits per heavy atom. The lowest BCUT2D eigenvalue weighted by atomic mass is 9.95. The third-order valence-corrected chi connectivity index (χ3v) is 3.38. The van der Waals surface area contributed by atoms with E-state index in [9.17, 15) is 0 Å². The van der Waals surface area contributed by atoms with Gasteiger partial charge in [0.25, 0.3) is 0 Å². The lowest BCUT2D eigenvalue weighted by Crippen LogP contribution is -2.19. The number of benzene rings is 1. The smallest absolute Gasteiger partial charge is 0.111 e. The summed E-state index contributed by atoms with van der Waals surface area (Å²) in [4.78, 5) is 7.78. The molecule has 2 aromatic rings. The van der Waals surface area contributed by atoms with Crippen LogP contribution < -0.4 is 5.73 Å². The third kappa shape index (κ3) is 2.74. The summed E-state index contributed by atoms with van der Waals surface area (Å²) < 4.78 is 0. The Morgan fingerprint density at radius 1 is 1.39 bits per heavy atom. The number of halogens is 1. The van der Waals surface area contributed by atoms with E-state index in [1.165, 1.54) is 0 Å². The number of rotatable bonds is 4. The fourth-order valence-electron chi connectivity index (χ4n) is 2.03. The lowest BCUT2D eigenvalue weighted by Gasteiger charge is -2.15. The minimum absolute atomic E-state index is 0.262. The van der Waals surface area contributed by atoms with Crippen LogP contribution in [0.3, 0.4) is 0 Å². The molecule has 18 heavy (non-hydrogen) atoms. The van der Waals surface area contributed by atoms with Gasteiger partial charge >= 0.3 is 0 Å². The van der Waals surface area contributed by atoms with Crippen molar-refractivity contribution in [1.29, 1.82) is 0 Å². The molecule has 1 heterocycles. The maximum atomic E-state index is 5.99. The minimum atomic E-state index is 0.262. The van der Waals surface area contributed by atoms with Crippen molar-refractivity contribution in [3.05, 3.63) is 41.3 Å². The van der Waals surface area contributed by atoms with Gasteiger partial charge in [-0.15, -0.1) is 0 Å². The second-order valence-corrected chi connectivity index (χ2v) is 5.22. The Hall–Kier alpha value is -1.32. The van der Waals surface area contributed by atoms with Gasteiger partial charge in [0.1, 0.15) is 5.82 Å². The van der Waals surface area contributed by atoms with E-state index in [1.807, 2.05) is 30.5 Å². The van der Waals surface area contributed by atoms with Crippen LogP contribution in [0, 0.1) is 5.92 Å². The molecule has 0 spiro atoms. The van der Waals surface area contributed by atoms with Crippen molar-refractivity contribution < 1.29 is 0 Å². The van der Waals surface area contributed by atoms with Crippen molar-refractivity contribution in [3.8, 4) is 11.3 Å². The molecule has 0 aliphatic carbocycles. The predicted octanol–water partition coefficient (Wildman–Crippen LogP) is 3.43. The summed E-state index contributed by atoms with van der Waals surface area (Å²) in [6, 6.07) is 7.72. The molecule has 96 valence electrons. The van der Waals surface area contributed by atoms with E-state index < -0.39 is 0 Å².